The third-order valence-corrected chi connectivity index (χ3v) is 3.15. The van der Waals surface area contributed by atoms with Crippen molar-refractivity contribution in [2.24, 2.45) is 5.92 Å². The van der Waals surface area contributed by atoms with Crippen LogP contribution in [-0.4, -0.2) is 15.0 Å². The lowest BCUT2D eigenvalue weighted by molar-refractivity contribution is 0.246. The molecule has 0 saturated heterocycles. The van der Waals surface area contributed by atoms with E-state index in [0.717, 1.165) is 0 Å². The Morgan fingerprint density at radius 2 is 1.76 bits per heavy atom. The molecule has 1 aromatic carbocycles. The SMILES string of the molecule is CC(C)COc1c(F)cc(S(=O)(=O)Cl)cc1F. The predicted molar refractivity (Wildman–Crippen MR) is 59.7 cm³/mol. The number of halogens is 3. The first kappa shape index (κ1) is 14.2. The fraction of sp³-hybridized carbons (Fsp3) is 0.400. The topological polar surface area (TPSA) is 43.4 Å². The van der Waals surface area contributed by atoms with Crippen LogP contribution in [-0.2, 0) is 9.05 Å². The monoisotopic (exact) mass is 284 g/mol. The van der Waals surface area contributed by atoms with Crippen molar-refractivity contribution in [3.8, 4) is 5.75 Å². The van der Waals surface area contributed by atoms with Crippen molar-refractivity contribution in [3.63, 3.8) is 0 Å². The Morgan fingerprint density at radius 1 is 1.29 bits per heavy atom. The molecule has 0 N–H and O–H groups in total. The van der Waals surface area contributed by atoms with Gasteiger partial charge in [-0.15, -0.1) is 0 Å². The Balaban J connectivity index is 3.11. The molecule has 1 rings (SSSR count). The number of rotatable bonds is 4. The minimum Gasteiger partial charge on any atom is -0.487 e. The second-order valence-electron chi connectivity index (χ2n) is 3.86. The van der Waals surface area contributed by atoms with E-state index in [1.54, 1.807) is 0 Å². The van der Waals surface area contributed by atoms with Crippen LogP contribution in [0.3, 0.4) is 0 Å². The minimum absolute atomic E-state index is 0.0882. The van der Waals surface area contributed by atoms with E-state index in [9.17, 15) is 17.2 Å². The van der Waals surface area contributed by atoms with Crippen LogP contribution in [0.15, 0.2) is 17.0 Å². The van der Waals surface area contributed by atoms with E-state index >= 15 is 0 Å². The molecule has 3 nitrogen and oxygen atoms in total. The Bertz CT molecular complexity index is 491. The van der Waals surface area contributed by atoms with Gasteiger partial charge in [-0.1, -0.05) is 13.8 Å². The third kappa shape index (κ3) is 3.81. The van der Waals surface area contributed by atoms with Crippen molar-refractivity contribution >= 4 is 19.7 Å². The van der Waals surface area contributed by atoms with Crippen molar-refractivity contribution in [2.45, 2.75) is 18.7 Å². The van der Waals surface area contributed by atoms with Crippen LogP contribution in [0.1, 0.15) is 13.8 Å². The standard InChI is InChI=1S/C10H11ClF2O3S/c1-6(2)5-16-10-8(12)3-7(4-9(10)13)17(11,14)15/h3-4,6H,5H2,1-2H3. The van der Waals surface area contributed by atoms with Crippen LogP contribution in [0.4, 0.5) is 8.78 Å². The van der Waals surface area contributed by atoms with Gasteiger partial charge in [0.05, 0.1) is 11.5 Å². The van der Waals surface area contributed by atoms with E-state index < -0.39 is 31.3 Å². The van der Waals surface area contributed by atoms with Crippen molar-refractivity contribution in [1.82, 2.24) is 0 Å². The Kier molecular flexibility index (Phi) is 4.32. The van der Waals surface area contributed by atoms with Crippen LogP contribution in [0.25, 0.3) is 0 Å². The number of hydrogen-bond donors (Lipinski definition) is 0. The summed E-state index contributed by atoms with van der Waals surface area (Å²) in [7, 11) is 0.821. The predicted octanol–water partition coefficient (Wildman–Crippen LogP) is 2.93. The zero-order chi connectivity index (χ0) is 13.2. The largest absolute Gasteiger partial charge is 0.487 e. The summed E-state index contributed by atoms with van der Waals surface area (Å²) in [6.45, 7) is 3.75. The molecule has 0 amide bonds. The molecule has 0 fully saturated rings. The zero-order valence-corrected chi connectivity index (χ0v) is 10.8. The van der Waals surface area contributed by atoms with Gasteiger partial charge in [0, 0.05) is 10.7 Å². The van der Waals surface area contributed by atoms with Gasteiger partial charge >= 0.3 is 0 Å². The van der Waals surface area contributed by atoms with E-state index in [1.807, 2.05) is 13.8 Å². The average molecular weight is 285 g/mol. The van der Waals surface area contributed by atoms with Crippen LogP contribution in [0.5, 0.6) is 5.75 Å². The molecule has 0 aliphatic heterocycles. The summed E-state index contributed by atoms with van der Waals surface area (Å²) >= 11 is 0. The molecule has 17 heavy (non-hydrogen) atoms. The summed E-state index contributed by atoms with van der Waals surface area (Å²) < 4.78 is 53.5. The second-order valence-corrected chi connectivity index (χ2v) is 6.42. The molecule has 0 aliphatic rings. The van der Waals surface area contributed by atoms with Crippen molar-refractivity contribution in [1.29, 1.82) is 0 Å². The smallest absolute Gasteiger partial charge is 0.261 e. The molecule has 0 unspecified atom stereocenters. The highest BCUT2D eigenvalue weighted by atomic mass is 35.7. The molecule has 1 aromatic rings. The van der Waals surface area contributed by atoms with Crippen molar-refractivity contribution < 1.29 is 21.9 Å². The van der Waals surface area contributed by atoms with Gasteiger partial charge in [-0.3, -0.25) is 0 Å². The maximum atomic E-state index is 13.4. The van der Waals surface area contributed by atoms with E-state index in [1.165, 1.54) is 0 Å². The van der Waals surface area contributed by atoms with Crippen LogP contribution >= 0.6 is 10.7 Å². The third-order valence-electron chi connectivity index (χ3n) is 1.81. The van der Waals surface area contributed by atoms with Crippen LogP contribution in [0, 0.1) is 17.6 Å². The fourth-order valence-corrected chi connectivity index (χ4v) is 1.82. The molecule has 0 radical (unpaired) electrons. The van der Waals surface area contributed by atoms with Crippen LogP contribution in [0.2, 0.25) is 0 Å². The molecule has 0 spiro atoms. The average Bonchev–Trinajstić information content (AvgIpc) is 2.14. The lowest BCUT2D eigenvalue weighted by atomic mass is 10.2. The minimum atomic E-state index is -4.16. The summed E-state index contributed by atoms with van der Waals surface area (Å²) in [5.41, 5.74) is 0. The molecule has 0 heterocycles. The first-order valence-electron chi connectivity index (χ1n) is 4.78. The van der Waals surface area contributed by atoms with Gasteiger partial charge in [0.2, 0.25) is 0 Å². The van der Waals surface area contributed by atoms with Gasteiger partial charge in [-0.2, -0.15) is 0 Å². The summed E-state index contributed by atoms with van der Waals surface area (Å²) in [4.78, 5) is -0.633. The van der Waals surface area contributed by atoms with Gasteiger partial charge in [-0.25, -0.2) is 17.2 Å². The molecule has 0 aromatic heterocycles. The zero-order valence-electron chi connectivity index (χ0n) is 9.21. The normalized spacial score (nSPS) is 11.9. The molecule has 7 heteroatoms. The Morgan fingerprint density at radius 3 is 2.12 bits per heavy atom. The van der Waals surface area contributed by atoms with E-state index in [2.05, 4.69) is 0 Å². The molecule has 0 saturated carbocycles. The fourth-order valence-electron chi connectivity index (χ4n) is 1.07. The first-order valence-corrected chi connectivity index (χ1v) is 7.09. The Hall–Kier alpha value is -0.880. The molecule has 0 aliphatic carbocycles. The second kappa shape index (κ2) is 5.18. The number of benzene rings is 1. The highest BCUT2D eigenvalue weighted by Crippen LogP contribution is 2.27. The number of ether oxygens (including phenoxy) is 1. The Labute approximate surface area is 103 Å². The van der Waals surface area contributed by atoms with Gasteiger partial charge in [0.25, 0.3) is 9.05 Å². The quantitative estimate of drug-likeness (QED) is 0.799. The highest BCUT2D eigenvalue weighted by molar-refractivity contribution is 8.13. The lowest BCUT2D eigenvalue weighted by Gasteiger charge is -2.10. The molecule has 0 bridgehead atoms. The molecular formula is C10H11ClF2O3S. The van der Waals surface area contributed by atoms with Crippen molar-refractivity contribution in [2.75, 3.05) is 6.61 Å². The van der Waals surface area contributed by atoms with Gasteiger partial charge in [0.15, 0.2) is 17.4 Å². The summed E-state index contributed by atoms with van der Waals surface area (Å²) in [6.07, 6.45) is 0. The maximum absolute atomic E-state index is 13.4. The van der Waals surface area contributed by atoms with Gasteiger partial charge in [0.1, 0.15) is 0 Å². The molecule has 96 valence electrons. The van der Waals surface area contributed by atoms with E-state index in [0.29, 0.717) is 12.1 Å². The molecular weight excluding hydrogens is 274 g/mol. The lowest BCUT2D eigenvalue weighted by Crippen LogP contribution is -2.08. The summed E-state index contributed by atoms with van der Waals surface area (Å²) in [5, 5.41) is 0. The first-order chi connectivity index (χ1) is 7.71. The van der Waals surface area contributed by atoms with Crippen molar-refractivity contribution in [3.05, 3.63) is 23.8 Å². The van der Waals surface area contributed by atoms with E-state index in [4.69, 9.17) is 15.4 Å². The van der Waals surface area contributed by atoms with Gasteiger partial charge in [-0.05, 0) is 18.1 Å². The van der Waals surface area contributed by atoms with Gasteiger partial charge < -0.3 is 4.74 Å². The maximum Gasteiger partial charge on any atom is 0.261 e. The summed E-state index contributed by atoms with van der Waals surface area (Å²) in [5.74, 6) is -2.69. The summed E-state index contributed by atoms with van der Waals surface area (Å²) in [6, 6.07) is 1.25. The molecule has 0 atom stereocenters. The van der Waals surface area contributed by atoms with Crippen LogP contribution < -0.4 is 4.74 Å². The number of hydrogen-bond acceptors (Lipinski definition) is 3. The van der Waals surface area contributed by atoms with E-state index in [-0.39, 0.29) is 12.5 Å². The highest BCUT2D eigenvalue weighted by Gasteiger charge is 2.19.